The van der Waals surface area contributed by atoms with Gasteiger partial charge in [0.15, 0.2) is 0 Å². The SMILES string of the molecule is CC(C)n1c(=O)n(CC2CC2)c(=O)c2cc(C(=O)NC3CCCC[C@H]3NC(=O)c3ccc(C#N)c(F)c3)ccc21. The maximum atomic E-state index is 14.0. The molecule has 5 rings (SSSR count). The Morgan fingerprint density at radius 3 is 2.12 bits per heavy atom. The van der Waals surface area contributed by atoms with Gasteiger partial charge < -0.3 is 10.6 Å². The lowest BCUT2D eigenvalue weighted by Crippen LogP contribution is -2.53. The molecule has 2 atom stereocenters. The van der Waals surface area contributed by atoms with Crippen LogP contribution in [0.25, 0.3) is 10.9 Å². The highest BCUT2D eigenvalue weighted by atomic mass is 19.1. The summed E-state index contributed by atoms with van der Waals surface area (Å²) in [4.78, 5) is 52.7. The number of nitrogens with zero attached hydrogens (tertiary/aromatic N) is 3. The minimum atomic E-state index is -0.765. The Hall–Kier alpha value is -4.26. The van der Waals surface area contributed by atoms with Crippen LogP contribution in [0.15, 0.2) is 46.0 Å². The summed E-state index contributed by atoms with van der Waals surface area (Å²) in [5, 5.41) is 15.2. The average Bonchev–Trinajstić information content (AvgIpc) is 3.76. The number of aromatic nitrogens is 2. The van der Waals surface area contributed by atoms with Crippen molar-refractivity contribution in [3.05, 3.63) is 79.7 Å². The third-order valence-electron chi connectivity index (χ3n) is 7.84. The van der Waals surface area contributed by atoms with Crippen LogP contribution in [0.1, 0.15) is 84.7 Å². The van der Waals surface area contributed by atoms with E-state index in [0.717, 1.165) is 31.7 Å². The first-order valence-corrected chi connectivity index (χ1v) is 13.8. The van der Waals surface area contributed by atoms with Gasteiger partial charge in [0.05, 0.1) is 16.5 Å². The molecule has 2 saturated carbocycles. The van der Waals surface area contributed by atoms with Gasteiger partial charge in [-0.3, -0.25) is 23.5 Å². The molecule has 0 spiro atoms. The van der Waals surface area contributed by atoms with Crippen LogP contribution in [0.2, 0.25) is 0 Å². The highest BCUT2D eigenvalue weighted by Gasteiger charge is 2.29. The highest BCUT2D eigenvalue weighted by molar-refractivity contribution is 5.98. The van der Waals surface area contributed by atoms with Crippen molar-refractivity contribution in [2.45, 2.75) is 77.0 Å². The summed E-state index contributed by atoms with van der Waals surface area (Å²) in [5.41, 5.74) is 0.0163. The molecule has 2 aliphatic rings. The van der Waals surface area contributed by atoms with Crippen LogP contribution >= 0.6 is 0 Å². The van der Waals surface area contributed by atoms with Crippen molar-refractivity contribution in [3.8, 4) is 6.07 Å². The normalized spacial score (nSPS) is 18.9. The van der Waals surface area contributed by atoms with E-state index in [-0.39, 0.29) is 40.8 Å². The van der Waals surface area contributed by atoms with Crippen molar-refractivity contribution in [2.75, 3.05) is 0 Å². The fourth-order valence-electron chi connectivity index (χ4n) is 5.47. The summed E-state index contributed by atoms with van der Waals surface area (Å²) in [6.45, 7) is 4.15. The van der Waals surface area contributed by atoms with Crippen LogP contribution < -0.4 is 21.9 Å². The Kier molecular flexibility index (Phi) is 7.57. The van der Waals surface area contributed by atoms with Gasteiger partial charge in [0.25, 0.3) is 17.4 Å². The zero-order valence-electron chi connectivity index (χ0n) is 22.6. The van der Waals surface area contributed by atoms with Gasteiger partial charge in [-0.25, -0.2) is 9.18 Å². The van der Waals surface area contributed by atoms with Crippen LogP contribution in [-0.2, 0) is 6.54 Å². The number of benzene rings is 2. The smallest absolute Gasteiger partial charge is 0.331 e. The molecule has 0 bridgehead atoms. The number of carbonyl (C=O) groups is 2. The standard InChI is InChI=1S/C30H32FN5O4/c1-17(2)36-26-12-11-19(13-22(26)29(39)35(30(36)40)16-18-7-8-18)27(37)33-24-5-3-4-6-25(24)34-28(38)20-9-10-21(15-32)23(31)14-20/h9-14,17-18,24-25H,3-8,16H2,1-2H3,(H,33,37)(H,34,38)/t24?,25-/m1/s1. The number of hydrogen-bond acceptors (Lipinski definition) is 5. The predicted octanol–water partition coefficient (Wildman–Crippen LogP) is 3.64. The Balaban J connectivity index is 1.39. The van der Waals surface area contributed by atoms with E-state index in [1.54, 1.807) is 28.8 Å². The molecule has 2 aliphatic carbocycles. The van der Waals surface area contributed by atoms with Crippen LogP contribution in [-0.4, -0.2) is 33.0 Å². The monoisotopic (exact) mass is 545 g/mol. The molecule has 1 heterocycles. The minimum absolute atomic E-state index is 0.0976. The number of nitriles is 1. The molecule has 2 fully saturated rings. The molecule has 2 aromatic carbocycles. The Bertz CT molecular complexity index is 1650. The van der Waals surface area contributed by atoms with Gasteiger partial charge in [-0.15, -0.1) is 0 Å². The molecule has 2 N–H and O–H groups in total. The van der Waals surface area contributed by atoms with E-state index in [9.17, 15) is 23.6 Å². The highest BCUT2D eigenvalue weighted by Crippen LogP contribution is 2.30. The zero-order valence-corrected chi connectivity index (χ0v) is 22.6. The Morgan fingerprint density at radius 2 is 1.57 bits per heavy atom. The maximum absolute atomic E-state index is 14.0. The number of fused-ring (bicyclic) bond motifs is 1. The van der Waals surface area contributed by atoms with Crippen molar-refractivity contribution in [1.29, 1.82) is 5.26 Å². The van der Waals surface area contributed by atoms with Gasteiger partial charge >= 0.3 is 5.69 Å². The second-order valence-corrected chi connectivity index (χ2v) is 11.1. The van der Waals surface area contributed by atoms with Crippen LogP contribution in [0.3, 0.4) is 0 Å². The van der Waals surface area contributed by atoms with Crippen molar-refractivity contribution < 1.29 is 14.0 Å². The second kappa shape index (κ2) is 11.1. The summed E-state index contributed by atoms with van der Waals surface area (Å²) in [7, 11) is 0. The quantitative estimate of drug-likeness (QED) is 0.469. The number of halogens is 1. The largest absolute Gasteiger partial charge is 0.347 e. The summed E-state index contributed by atoms with van der Waals surface area (Å²) >= 11 is 0. The molecule has 1 unspecified atom stereocenters. The van der Waals surface area contributed by atoms with Crippen molar-refractivity contribution in [3.63, 3.8) is 0 Å². The van der Waals surface area contributed by atoms with E-state index in [1.165, 1.54) is 16.7 Å². The van der Waals surface area contributed by atoms with Crippen molar-refractivity contribution in [1.82, 2.24) is 19.8 Å². The van der Waals surface area contributed by atoms with Crippen LogP contribution in [0.4, 0.5) is 4.39 Å². The van der Waals surface area contributed by atoms with E-state index < -0.39 is 17.3 Å². The van der Waals surface area contributed by atoms with E-state index in [4.69, 9.17) is 5.26 Å². The van der Waals surface area contributed by atoms with E-state index >= 15 is 0 Å². The molecule has 10 heteroatoms. The summed E-state index contributed by atoms with van der Waals surface area (Å²) < 4.78 is 16.9. The molecule has 1 aromatic heterocycles. The number of carbonyl (C=O) groups excluding carboxylic acids is 2. The number of hydrogen-bond donors (Lipinski definition) is 2. The van der Waals surface area contributed by atoms with Crippen LogP contribution in [0, 0.1) is 23.1 Å². The lowest BCUT2D eigenvalue weighted by molar-refractivity contribution is 0.0862. The summed E-state index contributed by atoms with van der Waals surface area (Å²) in [6, 6.07) is 9.33. The van der Waals surface area contributed by atoms with Gasteiger partial charge in [-0.1, -0.05) is 12.8 Å². The zero-order chi connectivity index (χ0) is 28.6. The third kappa shape index (κ3) is 5.41. The first-order chi connectivity index (χ1) is 19.2. The number of amides is 2. The van der Waals surface area contributed by atoms with E-state index in [2.05, 4.69) is 10.6 Å². The average molecular weight is 546 g/mol. The molecule has 0 aliphatic heterocycles. The third-order valence-corrected chi connectivity index (χ3v) is 7.84. The topological polar surface area (TPSA) is 126 Å². The molecule has 3 aromatic rings. The molecular weight excluding hydrogens is 513 g/mol. The van der Waals surface area contributed by atoms with Gasteiger partial charge in [-0.05, 0) is 81.8 Å². The van der Waals surface area contributed by atoms with Gasteiger partial charge in [0, 0.05) is 35.8 Å². The molecular formula is C30H32FN5O4. The Labute approximate surface area is 230 Å². The molecule has 9 nitrogen and oxygen atoms in total. The summed E-state index contributed by atoms with van der Waals surface area (Å²) in [6.07, 6.45) is 5.00. The molecule has 40 heavy (non-hydrogen) atoms. The first-order valence-electron chi connectivity index (χ1n) is 13.8. The lowest BCUT2D eigenvalue weighted by atomic mass is 9.89. The van der Waals surface area contributed by atoms with Crippen LogP contribution in [0.5, 0.6) is 0 Å². The molecule has 2 amide bonds. The van der Waals surface area contributed by atoms with E-state index in [1.807, 2.05) is 13.8 Å². The number of nitrogens with one attached hydrogen (secondary N) is 2. The van der Waals surface area contributed by atoms with Crippen molar-refractivity contribution in [2.24, 2.45) is 5.92 Å². The number of rotatable bonds is 7. The first kappa shape index (κ1) is 27.3. The van der Waals surface area contributed by atoms with Gasteiger partial charge in [0.2, 0.25) is 0 Å². The Morgan fingerprint density at radius 1 is 0.975 bits per heavy atom. The molecule has 0 radical (unpaired) electrons. The fraction of sp³-hybridized carbons (Fsp3) is 0.433. The maximum Gasteiger partial charge on any atom is 0.331 e. The van der Waals surface area contributed by atoms with Crippen molar-refractivity contribution >= 4 is 22.7 Å². The summed E-state index contributed by atoms with van der Waals surface area (Å²) in [5.74, 6) is -1.30. The molecule has 208 valence electrons. The second-order valence-electron chi connectivity index (χ2n) is 11.1. The van der Waals surface area contributed by atoms with Gasteiger partial charge in [0.1, 0.15) is 11.9 Å². The minimum Gasteiger partial charge on any atom is -0.347 e. The predicted molar refractivity (Wildman–Crippen MR) is 148 cm³/mol. The van der Waals surface area contributed by atoms with E-state index in [0.29, 0.717) is 41.8 Å². The molecule has 0 saturated heterocycles. The fourth-order valence-corrected chi connectivity index (χ4v) is 5.47. The van der Waals surface area contributed by atoms with Gasteiger partial charge in [-0.2, -0.15) is 5.26 Å². The lowest BCUT2D eigenvalue weighted by Gasteiger charge is -2.33.